The molecule has 0 aliphatic heterocycles. The van der Waals surface area contributed by atoms with Crippen LogP contribution >= 0.6 is 0 Å². The van der Waals surface area contributed by atoms with Crippen molar-refractivity contribution in [1.29, 1.82) is 0 Å². The van der Waals surface area contributed by atoms with Gasteiger partial charge >= 0.3 is 0 Å². The highest BCUT2D eigenvalue weighted by atomic mass is 32.2. The summed E-state index contributed by atoms with van der Waals surface area (Å²) in [6, 6.07) is 10.4. The molecule has 6 nitrogen and oxygen atoms in total. The van der Waals surface area contributed by atoms with Crippen molar-refractivity contribution < 1.29 is 8.42 Å². The first-order valence-corrected chi connectivity index (χ1v) is 8.27. The van der Waals surface area contributed by atoms with Gasteiger partial charge in [-0.2, -0.15) is 5.10 Å². The molecule has 0 aliphatic carbocycles. The predicted octanol–water partition coefficient (Wildman–Crippen LogP) is 1.14. The van der Waals surface area contributed by atoms with Crippen LogP contribution in [0.1, 0.15) is 11.1 Å². The Hall–Kier alpha value is -2.25. The summed E-state index contributed by atoms with van der Waals surface area (Å²) < 4.78 is 27.3. The molecule has 0 saturated heterocycles. The third-order valence-corrected chi connectivity index (χ3v) is 4.03. The molecule has 116 valence electrons. The largest absolute Gasteiger partial charge is 0.268 e. The van der Waals surface area contributed by atoms with Crippen LogP contribution in [0.3, 0.4) is 0 Å². The molecule has 0 atom stereocenters. The van der Waals surface area contributed by atoms with E-state index in [0.717, 1.165) is 16.5 Å². The lowest BCUT2D eigenvalue weighted by molar-refractivity contribution is 0.552. The van der Waals surface area contributed by atoms with Crippen molar-refractivity contribution in [1.82, 2.24) is 14.5 Å². The van der Waals surface area contributed by atoms with E-state index in [0.29, 0.717) is 0 Å². The Bertz CT molecular complexity index is 808. The summed E-state index contributed by atoms with van der Waals surface area (Å²) in [6.45, 7) is 2.24. The van der Waals surface area contributed by atoms with Crippen molar-refractivity contribution in [2.45, 2.75) is 13.5 Å². The van der Waals surface area contributed by atoms with E-state index in [1.807, 2.05) is 31.2 Å². The number of benzene rings is 1. The van der Waals surface area contributed by atoms with Gasteiger partial charge in [-0.15, -0.1) is 0 Å². The van der Waals surface area contributed by atoms with E-state index in [9.17, 15) is 13.2 Å². The summed E-state index contributed by atoms with van der Waals surface area (Å²) in [4.78, 5) is 11.4. The zero-order valence-corrected chi connectivity index (χ0v) is 13.0. The Kier molecular flexibility index (Phi) is 5.24. The number of hydrogen-bond donors (Lipinski definition) is 1. The van der Waals surface area contributed by atoms with Crippen LogP contribution in [0, 0.1) is 6.92 Å². The predicted molar refractivity (Wildman–Crippen MR) is 85.6 cm³/mol. The topological polar surface area (TPSA) is 81.1 Å². The third-order valence-electron chi connectivity index (χ3n) is 2.93. The summed E-state index contributed by atoms with van der Waals surface area (Å²) in [5, 5.41) is 4.96. The van der Waals surface area contributed by atoms with Crippen LogP contribution in [0.15, 0.2) is 52.8 Å². The molecule has 0 unspecified atom stereocenters. The monoisotopic (exact) mass is 319 g/mol. The zero-order chi connectivity index (χ0) is 16.0. The molecule has 1 aromatic carbocycles. The Morgan fingerprint density at radius 1 is 1.23 bits per heavy atom. The van der Waals surface area contributed by atoms with Gasteiger partial charge in [0.05, 0.1) is 6.54 Å². The van der Waals surface area contributed by atoms with E-state index in [1.165, 1.54) is 29.1 Å². The van der Waals surface area contributed by atoms with Gasteiger partial charge in [-0.05, 0) is 24.6 Å². The van der Waals surface area contributed by atoms with E-state index in [4.69, 9.17) is 0 Å². The number of aromatic nitrogens is 2. The van der Waals surface area contributed by atoms with Crippen LogP contribution in [-0.4, -0.2) is 24.7 Å². The second-order valence-corrected chi connectivity index (χ2v) is 6.39. The Balaban J connectivity index is 1.92. The summed E-state index contributed by atoms with van der Waals surface area (Å²) in [5.74, 6) is 0. The van der Waals surface area contributed by atoms with Crippen molar-refractivity contribution >= 4 is 16.1 Å². The Morgan fingerprint density at radius 2 is 1.95 bits per heavy atom. The molecule has 0 amide bonds. The average Bonchev–Trinajstić information content (AvgIpc) is 2.49. The minimum Gasteiger partial charge on any atom is -0.268 e. The Morgan fingerprint density at radius 3 is 2.64 bits per heavy atom. The first-order chi connectivity index (χ1) is 10.5. The molecule has 7 heteroatoms. The van der Waals surface area contributed by atoms with Gasteiger partial charge in [0.2, 0.25) is 10.0 Å². The molecule has 1 heterocycles. The summed E-state index contributed by atoms with van der Waals surface area (Å²) >= 11 is 0. The van der Waals surface area contributed by atoms with Gasteiger partial charge in [-0.3, -0.25) is 4.79 Å². The van der Waals surface area contributed by atoms with Crippen LogP contribution < -0.4 is 10.3 Å². The lowest BCUT2D eigenvalue weighted by Gasteiger charge is -2.04. The second kappa shape index (κ2) is 7.15. The molecule has 2 aromatic rings. The summed E-state index contributed by atoms with van der Waals surface area (Å²) in [7, 11) is -3.55. The van der Waals surface area contributed by atoms with E-state index in [2.05, 4.69) is 9.82 Å². The molecular weight excluding hydrogens is 302 g/mol. The number of aryl methyl sites for hydroxylation is 1. The molecule has 0 spiro atoms. The number of sulfonamides is 1. The normalized spacial score (nSPS) is 11.9. The highest BCUT2D eigenvalue weighted by molar-refractivity contribution is 7.92. The van der Waals surface area contributed by atoms with Crippen molar-refractivity contribution in [2.24, 2.45) is 0 Å². The highest BCUT2D eigenvalue weighted by Crippen LogP contribution is 2.05. The quantitative estimate of drug-likeness (QED) is 0.866. The Labute approximate surface area is 129 Å². The molecule has 1 N–H and O–H groups in total. The first-order valence-electron chi connectivity index (χ1n) is 6.73. The van der Waals surface area contributed by atoms with Crippen molar-refractivity contribution in [3.05, 3.63) is 69.5 Å². The molecular formula is C15H17N3O3S. The second-order valence-electron chi connectivity index (χ2n) is 4.74. The van der Waals surface area contributed by atoms with E-state index in [1.54, 1.807) is 0 Å². The SMILES string of the molecule is Cc1ccc(/C=C\S(=O)(=O)NCCn2ncccc2=O)cc1. The number of nitrogens with one attached hydrogen (secondary N) is 1. The molecule has 1 aromatic heterocycles. The van der Waals surface area contributed by atoms with Gasteiger partial charge in [-0.25, -0.2) is 17.8 Å². The smallest absolute Gasteiger partial charge is 0.266 e. The first kappa shape index (κ1) is 16.1. The van der Waals surface area contributed by atoms with Crippen molar-refractivity contribution in [3.8, 4) is 0 Å². The van der Waals surface area contributed by atoms with Crippen molar-refractivity contribution in [2.75, 3.05) is 6.54 Å². The fraction of sp³-hybridized carbons (Fsp3) is 0.200. The van der Waals surface area contributed by atoms with Crippen LogP contribution in [-0.2, 0) is 16.6 Å². The highest BCUT2D eigenvalue weighted by Gasteiger charge is 2.05. The molecule has 0 radical (unpaired) electrons. The van der Waals surface area contributed by atoms with Crippen LogP contribution in [0.5, 0.6) is 0 Å². The van der Waals surface area contributed by atoms with E-state index in [-0.39, 0.29) is 18.6 Å². The van der Waals surface area contributed by atoms with Gasteiger partial charge in [0.25, 0.3) is 5.56 Å². The lowest BCUT2D eigenvalue weighted by atomic mass is 10.2. The summed E-state index contributed by atoms with van der Waals surface area (Å²) in [6.07, 6.45) is 3.00. The minimum atomic E-state index is -3.55. The molecule has 2 rings (SSSR count). The molecule has 0 bridgehead atoms. The molecule has 22 heavy (non-hydrogen) atoms. The maximum Gasteiger partial charge on any atom is 0.266 e. The van der Waals surface area contributed by atoms with Crippen LogP contribution in [0.25, 0.3) is 6.08 Å². The third kappa shape index (κ3) is 4.94. The number of nitrogens with zero attached hydrogens (tertiary/aromatic N) is 2. The molecule has 0 saturated carbocycles. The van der Waals surface area contributed by atoms with E-state index >= 15 is 0 Å². The van der Waals surface area contributed by atoms with Gasteiger partial charge in [-0.1, -0.05) is 29.8 Å². The standard InChI is InChI=1S/C15H17N3O3S/c1-13-4-6-14(7-5-13)8-12-22(20,21)17-10-11-18-15(19)3-2-9-16-18/h2-9,12,17H,10-11H2,1H3/b12-8-. The summed E-state index contributed by atoms with van der Waals surface area (Å²) in [5.41, 5.74) is 1.65. The van der Waals surface area contributed by atoms with E-state index < -0.39 is 10.0 Å². The fourth-order valence-corrected chi connectivity index (χ4v) is 2.55. The fourth-order valence-electron chi connectivity index (χ4n) is 1.74. The zero-order valence-electron chi connectivity index (χ0n) is 12.1. The lowest BCUT2D eigenvalue weighted by Crippen LogP contribution is -2.30. The van der Waals surface area contributed by atoms with Crippen LogP contribution in [0.2, 0.25) is 0 Å². The molecule has 0 aliphatic rings. The van der Waals surface area contributed by atoms with Crippen molar-refractivity contribution in [3.63, 3.8) is 0 Å². The minimum absolute atomic E-state index is 0.0947. The maximum atomic E-state index is 11.8. The van der Waals surface area contributed by atoms with Gasteiger partial charge in [0.15, 0.2) is 0 Å². The van der Waals surface area contributed by atoms with Gasteiger partial charge < -0.3 is 0 Å². The number of hydrogen-bond acceptors (Lipinski definition) is 4. The van der Waals surface area contributed by atoms with Crippen LogP contribution in [0.4, 0.5) is 0 Å². The van der Waals surface area contributed by atoms with Gasteiger partial charge in [0, 0.05) is 24.2 Å². The maximum absolute atomic E-state index is 11.8. The average molecular weight is 319 g/mol. The van der Waals surface area contributed by atoms with Gasteiger partial charge in [0.1, 0.15) is 0 Å². The molecule has 0 fully saturated rings. The number of rotatable bonds is 6.